The van der Waals surface area contributed by atoms with Crippen LogP contribution in [0.15, 0.2) is 42.2 Å². The van der Waals surface area contributed by atoms with E-state index in [1.165, 1.54) is 24.6 Å². The Labute approximate surface area is 173 Å². The Morgan fingerprint density at radius 2 is 1.86 bits per heavy atom. The Morgan fingerprint density at radius 3 is 2.55 bits per heavy atom. The summed E-state index contributed by atoms with van der Waals surface area (Å²) in [6, 6.07) is 7.69. The molecule has 0 spiro atoms. The fourth-order valence-corrected chi connectivity index (χ4v) is 4.61. The molecule has 7 nitrogen and oxygen atoms in total. The molecule has 0 atom stereocenters. The van der Waals surface area contributed by atoms with Gasteiger partial charge in [-0.2, -0.15) is 5.26 Å². The molecule has 1 aromatic rings. The first-order valence-corrected chi connectivity index (χ1v) is 11.3. The van der Waals surface area contributed by atoms with Crippen LogP contribution in [0.3, 0.4) is 0 Å². The summed E-state index contributed by atoms with van der Waals surface area (Å²) in [5.41, 5.74) is 2.63. The van der Waals surface area contributed by atoms with Gasteiger partial charge in [0.25, 0.3) is 5.91 Å². The first kappa shape index (κ1) is 20.9. The number of nitrogens with zero attached hydrogens (tertiary/aromatic N) is 3. The summed E-state index contributed by atoms with van der Waals surface area (Å²) in [6.07, 6.45) is 7.10. The lowest BCUT2D eigenvalue weighted by molar-refractivity contribution is -0.115. The van der Waals surface area contributed by atoms with Gasteiger partial charge in [0.2, 0.25) is 0 Å². The van der Waals surface area contributed by atoms with Gasteiger partial charge in [0, 0.05) is 60.2 Å². The molecule has 0 unspecified atom stereocenters. The summed E-state index contributed by atoms with van der Waals surface area (Å²) in [5, 5.41) is 21.2. The Kier molecular flexibility index (Phi) is 7.30. The van der Waals surface area contributed by atoms with Gasteiger partial charge in [-0.05, 0) is 49.6 Å². The van der Waals surface area contributed by atoms with Crippen LogP contribution in [0.5, 0.6) is 0 Å². The number of hydrogen-bond donors (Lipinski definition) is 2. The van der Waals surface area contributed by atoms with Gasteiger partial charge in [-0.15, -0.1) is 0 Å². The zero-order valence-corrected chi connectivity index (χ0v) is 17.2. The lowest BCUT2D eigenvalue weighted by atomic mass is 10.1. The highest BCUT2D eigenvalue weighted by Crippen LogP contribution is 2.33. The number of aliphatic hydroxyl groups is 1. The highest BCUT2D eigenvalue weighted by molar-refractivity contribution is 7.85. The fourth-order valence-electron chi connectivity index (χ4n) is 3.56. The van der Waals surface area contributed by atoms with Crippen molar-refractivity contribution in [2.24, 2.45) is 0 Å². The Hall–Kier alpha value is -2.79. The topological polar surface area (TPSA) is 96.7 Å². The van der Waals surface area contributed by atoms with Crippen LogP contribution in [0.4, 0.5) is 17.1 Å². The van der Waals surface area contributed by atoms with E-state index < -0.39 is 22.5 Å². The molecule has 0 aromatic heterocycles. The van der Waals surface area contributed by atoms with Crippen LogP contribution < -0.4 is 15.1 Å². The maximum Gasteiger partial charge on any atom is 0.290 e. The Balaban J connectivity index is 1.84. The molecule has 3 rings (SSSR count). The third-order valence-corrected chi connectivity index (χ3v) is 6.40. The zero-order valence-electron chi connectivity index (χ0n) is 16.3. The van der Waals surface area contributed by atoms with Crippen LogP contribution >= 0.6 is 0 Å². The Morgan fingerprint density at radius 1 is 1.14 bits per heavy atom. The predicted molar refractivity (Wildman–Crippen MR) is 117 cm³/mol. The maximum absolute atomic E-state index is 12.4. The van der Waals surface area contributed by atoms with Crippen molar-refractivity contribution in [3.8, 4) is 6.07 Å². The number of nitrogens with one attached hydrogen (secondary N) is 1. The molecular weight excluding hydrogens is 388 g/mol. The minimum Gasteiger partial charge on any atom is -0.503 e. The molecule has 0 radical (unpaired) electrons. The molecule has 2 N–H and O–H groups in total. The van der Waals surface area contributed by atoms with E-state index in [0.717, 1.165) is 50.4 Å². The van der Waals surface area contributed by atoms with Crippen LogP contribution in [-0.2, 0) is 15.6 Å². The summed E-state index contributed by atoms with van der Waals surface area (Å²) >= 11 is 0. The number of amides is 1. The molecule has 2 fully saturated rings. The van der Waals surface area contributed by atoms with Gasteiger partial charge in [-0.3, -0.25) is 9.00 Å². The molecule has 154 valence electrons. The van der Waals surface area contributed by atoms with Crippen molar-refractivity contribution in [2.75, 3.05) is 52.8 Å². The van der Waals surface area contributed by atoms with Crippen molar-refractivity contribution in [3.63, 3.8) is 0 Å². The van der Waals surface area contributed by atoms with Crippen molar-refractivity contribution in [2.45, 2.75) is 19.3 Å². The van der Waals surface area contributed by atoms with Crippen LogP contribution in [0.25, 0.3) is 0 Å². The number of aliphatic hydroxyl groups excluding tert-OH is 1. The molecule has 2 aliphatic heterocycles. The fraction of sp³-hybridized carbons (Fsp3) is 0.429. The highest BCUT2D eigenvalue weighted by atomic mass is 32.2. The number of piperidine rings is 1. The van der Waals surface area contributed by atoms with Gasteiger partial charge in [0.05, 0.1) is 17.4 Å². The molecular formula is C21H26N4O3S. The van der Waals surface area contributed by atoms with E-state index in [-0.39, 0.29) is 0 Å². The smallest absolute Gasteiger partial charge is 0.290 e. The third kappa shape index (κ3) is 5.61. The van der Waals surface area contributed by atoms with Gasteiger partial charge in [-0.1, -0.05) is 0 Å². The van der Waals surface area contributed by atoms with E-state index in [9.17, 15) is 14.1 Å². The molecule has 29 heavy (non-hydrogen) atoms. The van der Waals surface area contributed by atoms with Gasteiger partial charge in [0.1, 0.15) is 0 Å². The molecule has 1 amide bonds. The van der Waals surface area contributed by atoms with Crippen LogP contribution in [0.2, 0.25) is 0 Å². The highest BCUT2D eigenvalue weighted by Gasteiger charge is 2.21. The number of allylic oxidation sites excluding steroid dienone is 3. The first-order valence-electron chi connectivity index (χ1n) is 9.84. The van der Waals surface area contributed by atoms with Gasteiger partial charge in [-0.25, -0.2) is 0 Å². The lowest BCUT2D eigenvalue weighted by Crippen LogP contribution is -2.38. The number of nitriles is 1. The van der Waals surface area contributed by atoms with Gasteiger partial charge in [0.15, 0.2) is 5.76 Å². The average Bonchev–Trinajstić information content (AvgIpc) is 2.75. The van der Waals surface area contributed by atoms with Crippen LogP contribution in [-0.4, -0.2) is 52.9 Å². The van der Waals surface area contributed by atoms with Crippen molar-refractivity contribution < 1.29 is 14.1 Å². The van der Waals surface area contributed by atoms with Crippen molar-refractivity contribution in [3.05, 3.63) is 42.2 Å². The van der Waals surface area contributed by atoms with Crippen molar-refractivity contribution in [1.82, 2.24) is 0 Å². The average molecular weight is 415 g/mol. The number of rotatable bonds is 5. The van der Waals surface area contributed by atoms with E-state index >= 15 is 0 Å². The second kappa shape index (κ2) is 10.1. The normalized spacial score (nSPS) is 18.7. The molecule has 1 aromatic carbocycles. The standard InChI is InChI=1S/C21H26N4O3S/c22-9-3-2-6-20(26)21(27)23-18-8-7-17(24-12-14-29(28)15-13-24)16-19(18)25-10-4-1-5-11-25/h2-3,6-8,16,26H,1,4-5,10-15H2,(H,23,27)/b3-2+,20-6-. The third-order valence-electron chi connectivity index (χ3n) is 5.13. The van der Waals surface area contributed by atoms with E-state index in [4.69, 9.17) is 5.26 Å². The van der Waals surface area contributed by atoms with E-state index in [0.29, 0.717) is 17.2 Å². The summed E-state index contributed by atoms with van der Waals surface area (Å²) in [5.74, 6) is 0.273. The minimum absolute atomic E-state index is 0.455. The molecule has 2 heterocycles. The van der Waals surface area contributed by atoms with E-state index in [1.807, 2.05) is 12.1 Å². The van der Waals surface area contributed by atoms with Crippen molar-refractivity contribution in [1.29, 1.82) is 5.26 Å². The largest absolute Gasteiger partial charge is 0.503 e. The number of carbonyl (C=O) groups is 1. The monoisotopic (exact) mass is 414 g/mol. The van der Waals surface area contributed by atoms with E-state index in [2.05, 4.69) is 21.2 Å². The van der Waals surface area contributed by atoms with Crippen LogP contribution in [0.1, 0.15) is 19.3 Å². The molecule has 2 saturated heterocycles. The zero-order chi connectivity index (χ0) is 20.6. The number of hydrogen-bond acceptors (Lipinski definition) is 6. The number of benzene rings is 1. The molecule has 8 heteroatoms. The van der Waals surface area contributed by atoms with Gasteiger partial charge < -0.3 is 20.2 Å². The Bertz CT molecular complexity index is 859. The summed E-state index contributed by atoms with van der Waals surface area (Å²) in [7, 11) is -0.734. The second-order valence-corrected chi connectivity index (χ2v) is 8.77. The van der Waals surface area contributed by atoms with Gasteiger partial charge >= 0.3 is 0 Å². The maximum atomic E-state index is 12.4. The molecule has 0 aliphatic carbocycles. The van der Waals surface area contributed by atoms with Crippen molar-refractivity contribution >= 4 is 33.8 Å². The lowest BCUT2D eigenvalue weighted by Gasteiger charge is -2.33. The summed E-state index contributed by atoms with van der Waals surface area (Å²) in [4.78, 5) is 16.8. The summed E-state index contributed by atoms with van der Waals surface area (Å²) < 4.78 is 11.7. The second-order valence-electron chi connectivity index (χ2n) is 7.08. The molecule has 2 aliphatic rings. The quantitative estimate of drug-likeness (QED) is 0.333. The number of carbonyl (C=O) groups excluding carboxylic acids is 1. The van der Waals surface area contributed by atoms with Crippen LogP contribution in [0, 0.1) is 11.3 Å². The predicted octanol–water partition coefficient (Wildman–Crippen LogP) is 2.71. The van der Waals surface area contributed by atoms with E-state index in [1.54, 1.807) is 6.07 Å². The molecule has 0 bridgehead atoms. The molecule has 0 saturated carbocycles. The SMILES string of the molecule is N#C/C=C/C=C(\O)C(=O)Nc1ccc(N2CCS(=O)CC2)cc1N1CCCCC1. The summed E-state index contributed by atoms with van der Waals surface area (Å²) in [6.45, 7) is 3.35. The number of anilines is 3. The first-order chi connectivity index (χ1) is 14.1. The minimum atomic E-state index is -0.734.